The zero-order valence-electron chi connectivity index (χ0n) is 38.5. The van der Waals surface area contributed by atoms with E-state index in [2.05, 4.69) is 255 Å². The summed E-state index contributed by atoms with van der Waals surface area (Å²) in [6.45, 7) is 4.69. The van der Waals surface area contributed by atoms with Crippen LogP contribution in [0.15, 0.2) is 253 Å². The lowest BCUT2D eigenvalue weighted by molar-refractivity contribution is 0.660. The van der Waals surface area contributed by atoms with Gasteiger partial charge in [-0.2, -0.15) is 0 Å². The van der Waals surface area contributed by atoms with Crippen LogP contribution in [-0.4, -0.2) is 0 Å². The highest BCUT2D eigenvalue weighted by molar-refractivity contribution is 6.09. The van der Waals surface area contributed by atoms with E-state index in [1.807, 2.05) is 12.1 Å². The number of nitrogens with zero attached hydrogens (tertiary/aromatic N) is 1. The summed E-state index contributed by atoms with van der Waals surface area (Å²) >= 11 is 0. The second-order valence-electron chi connectivity index (χ2n) is 18.9. The zero-order valence-corrected chi connectivity index (χ0v) is 38.5. The lowest BCUT2D eigenvalue weighted by Crippen LogP contribution is -2.14. The second-order valence-corrected chi connectivity index (χ2v) is 18.9. The molecule has 1 aliphatic rings. The van der Waals surface area contributed by atoms with Crippen LogP contribution in [0.25, 0.3) is 99.5 Å². The standard InChI is InChI=1S/C67H47NO/c1-67(2)63-19-7-5-15-59(63)60-40-33-54(43-64(60)67)48-29-36-56(37-30-48)68(57-38-31-49(32-39-57)58-17-10-18-62-61-16-6-8-20-65(61)69-66(58)62)55-34-27-46(28-35-55)45-21-23-47(24-22-45)51-13-9-14-52(41-51)53-26-25-44-11-3-4-12-50(44)42-53/h3-43H,1-2H3. The van der Waals surface area contributed by atoms with Crippen molar-refractivity contribution >= 4 is 49.8 Å². The molecule has 2 heteroatoms. The first kappa shape index (κ1) is 40.5. The third kappa shape index (κ3) is 7.03. The minimum absolute atomic E-state index is 0.0557. The van der Waals surface area contributed by atoms with Gasteiger partial charge in [0.05, 0.1) is 0 Å². The fourth-order valence-corrected chi connectivity index (χ4v) is 10.8. The normalized spacial score (nSPS) is 12.6. The Hall–Kier alpha value is -8.72. The Morgan fingerprint density at radius 3 is 1.48 bits per heavy atom. The number of benzene rings is 11. The summed E-state index contributed by atoms with van der Waals surface area (Å²) in [6, 6.07) is 90.5. The van der Waals surface area contributed by atoms with Crippen LogP contribution < -0.4 is 4.90 Å². The summed E-state index contributed by atoms with van der Waals surface area (Å²) in [5.41, 5.74) is 22.3. The molecule has 2 nitrogen and oxygen atoms in total. The molecule has 1 aliphatic carbocycles. The predicted octanol–water partition coefficient (Wildman–Crippen LogP) is 18.9. The molecule has 0 N–H and O–H groups in total. The summed E-state index contributed by atoms with van der Waals surface area (Å²) in [5.74, 6) is 0. The highest BCUT2D eigenvalue weighted by Gasteiger charge is 2.35. The van der Waals surface area contributed by atoms with E-state index in [4.69, 9.17) is 4.42 Å². The molecule has 0 aliphatic heterocycles. The Balaban J connectivity index is 0.824. The molecule has 1 aromatic heterocycles. The molecule has 0 unspecified atom stereocenters. The third-order valence-electron chi connectivity index (χ3n) is 14.5. The molecule has 11 aromatic carbocycles. The van der Waals surface area contributed by atoms with Gasteiger partial charge >= 0.3 is 0 Å². The number of rotatable bonds is 8. The van der Waals surface area contributed by atoms with E-state index in [0.29, 0.717) is 0 Å². The van der Waals surface area contributed by atoms with Crippen molar-refractivity contribution in [2.24, 2.45) is 0 Å². The van der Waals surface area contributed by atoms with E-state index in [0.717, 1.165) is 50.1 Å². The molecule has 0 bridgehead atoms. The van der Waals surface area contributed by atoms with Gasteiger partial charge in [-0.25, -0.2) is 0 Å². The van der Waals surface area contributed by atoms with Gasteiger partial charge in [0.15, 0.2) is 0 Å². The zero-order chi connectivity index (χ0) is 46.1. The van der Waals surface area contributed by atoms with Crippen LogP contribution in [-0.2, 0) is 5.41 Å². The molecule has 0 amide bonds. The summed E-state index contributed by atoms with van der Waals surface area (Å²) in [5, 5.41) is 4.78. The first-order chi connectivity index (χ1) is 33.9. The first-order valence-corrected chi connectivity index (χ1v) is 23.9. The van der Waals surface area contributed by atoms with Gasteiger partial charge in [0, 0.05) is 38.8 Å². The average Bonchev–Trinajstić information content (AvgIpc) is 3.91. The van der Waals surface area contributed by atoms with Crippen LogP contribution in [0.3, 0.4) is 0 Å². The fraction of sp³-hybridized carbons (Fsp3) is 0.0448. The Bertz CT molecular complexity index is 3890. The van der Waals surface area contributed by atoms with Crippen molar-refractivity contribution in [2.45, 2.75) is 19.3 Å². The van der Waals surface area contributed by atoms with E-state index in [1.54, 1.807) is 0 Å². The summed E-state index contributed by atoms with van der Waals surface area (Å²) in [4.78, 5) is 2.35. The molecule has 1 heterocycles. The van der Waals surface area contributed by atoms with Crippen molar-refractivity contribution in [3.63, 3.8) is 0 Å². The summed E-state index contributed by atoms with van der Waals surface area (Å²) < 4.78 is 6.45. The van der Waals surface area contributed by atoms with E-state index < -0.39 is 0 Å². The van der Waals surface area contributed by atoms with Crippen LogP contribution in [0.1, 0.15) is 25.0 Å². The molecule has 13 rings (SSSR count). The predicted molar refractivity (Wildman–Crippen MR) is 291 cm³/mol. The minimum atomic E-state index is -0.0557. The van der Waals surface area contributed by atoms with Gasteiger partial charge in [0.2, 0.25) is 0 Å². The van der Waals surface area contributed by atoms with E-state index in [9.17, 15) is 0 Å². The van der Waals surface area contributed by atoms with Crippen molar-refractivity contribution in [3.05, 3.63) is 260 Å². The van der Waals surface area contributed by atoms with Crippen molar-refractivity contribution in [1.82, 2.24) is 0 Å². The number of para-hydroxylation sites is 2. The molecular formula is C67H47NO. The molecule has 0 saturated heterocycles. The SMILES string of the molecule is CC1(C)c2ccccc2-c2ccc(-c3ccc(N(c4ccc(-c5ccc(-c6cccc(-c7ccc8ccccc8c7)c6)cc5)cc4)c4ccc(-c5cccc6c5oc5ccccc56)cc4)cc3)cc21. The monoisotopic (exact) mass is 881 g/mol. The highest BCUT2D eigenvalue weighted by Crippen LogP contribution is 2.50. The maximum atomic E-state index is 6.45. The van der Waals surface area contributed by atoms with E-state index in [-0.39, 0.29) is 5.41 Å². The Morgan fingerprint density at radius 1 is 0.304 bits per heavy atom. The molecule has 0 spiro atoms. The van der Waals surface area contributed by atoms with Crippen molar-refractivity contribution < 1.29 is 4.42 Å². The average molecular weight is 882 g/mol. The molecule has 12 aromatic rings. The highest BCUT2D eigenvalue weighted by atomic mass is 16.3. The Morgan fingerprint density at radius 2 is 0.768 bits per heavy atom. The van der Waals surface area contributed by atoms with Crippen LogP contribution in [0.4, 0.5) is 17.1 Å². The number of anilines is 3. The van der Waals surface area contributed by atoms with Gasteiger partial charge in [-0.15, -0.1) is 0 Å². The quantitative estimate of drug-likeness (QED) is 0.151. The van der Waals surface area contributed by atoms with Gasteiger partial charge in [-0.05, 0) is 144 Å². The van der Waals surface area contributed by atoms with Crippen molar-refractivity contribution in [2.75, 3.05) is 4.90 Å². The molecule has 0 fully saturated rings. The Kier molecular flexibility index (Phi) is 9.55. The molecule has 0 atom stereocenters. The third-order valence-corrected chi connectivity index (χ3v) is 14.5. The topological polar surface area (TPSA) is 16.4 Å². The van der Waals surface area contributed by atoms with Gasteiger partial charge in [-0.3, -0.25) is 0 Å². The number of hydrogen-bond donors (Lipinski definition) is 0. The number of fused-ring (bicyclic) bond motifs is 7. The summed E-state index contributed by atoms with van der Waals surface area (Å²) in [7, 11) is 0. The van der Waals surface area contributed by atoms with Gasteiger partial charge in [0.1, 0.15) is 11.2 Å². The van der Waals surface area contributed by atoms with Crippen LogP contribution in [0, 0.1) is 0 Å². The van der Waals surface area contributed by atoms with Crippen LogP contribution in [0.2, 0.25) is 0 Å². The maximum Gasteiger partial charge on any atom is 0.143 e. The van der Waals surface area contributed by atoms with Crippen molar-refractivity contribution in [3.8, 4) is 66.8 Å². The maximum absolute atomic E-state index is 6.45. The van der Waals surface area contributed by atoms with E-state index >= 15 is 0 Å². The number of hydrogen-bond acceptors (Lipinski definition) is 2. The van der Waals surface area contributed by atoms with E-state index in [1.165, 1.54) is 77.5 Å². The molecule has 0 radical (unpaired) electrons. The number of furan rings is 1. The van der Waals surface area contributed by atoms with Gasteiger partial charge in [-0.1, -0.05) is 202 Å². The summed E-state index contributed by atoms with van der Waals surface area (Å²) in [6.07, 6.45) is 0. The smallest absolute Gasteiger partial charge is 0.143 e. The lowest BCUT2D eigenvalue weighted by Gasteiger charge is -2.26. The first-order valence-electron chi connectivity index (χ1n) is 23.9. The second kappa shape index (κ2) is 16.3. The largest absolute Gasteiger partial charge is 0.455 e. The molecule has 326 valence electrons. The lowest BCUT2D eigenvalue weighted by atomic mass is 9.81. The van der Waals surface area contributed by atoms with Crippen LogP contribution >= 0.6 is 0 Å². The molecular weight excluding hydrogens is 835 g/mol. The van der Waals surface area contributed by atoms with Gasteiger partial charge in [0.25, 0.3) is 0 Å². The Labute approximate surface area is 403 Å². The minimum Gasteiger partial charge on any atom is -0.455 e. The van der Waals surface area contributed by atoms with Crippen LogP contribution in [0.5, 0.6) is 0 Å². The molecule has 69 heavy (non-hydrogen) atoms. The molecule has 0 saturated carbocycles. The van der Waals surface area contributed by atoms with Crippen molar-refractivity contribution in [1.29, 1.82) is 0 Å². The van der Waals surface area contributed by atoms with Gasteiger partial charge < -0.3 is 9.32 Å². The fourth-order valence-electron chi connectivity index (χ4n) is 10.8.